The number of nitriles is 1. The first kappa shape index (κ1) is 25.3. The van der Waals surface area contributed by atoms with Crippen molar-refractivity contribution < 1.29 is 17.9 Å². The highest BCUT2D eigenvalue weighted by Crippen LogP contribution is 2.30. The second kappa shape index (κ2) is 11.6. The lowest BCUT2D eigenvalue weighted by Crippen LogP contribution is -2.31. The summed E-state index contributed by atoms with van der Waals surface area (Å²) in [5, 5.41) is 11.7. The predicted octanol–water partition coefficient (Wildman–Crippen LogP) is 3.06. The molecule has 0 spiro atoms. The van der Waals surface area contributed by atoms with Crippen molar-refractivity contribution in [3.05, 3.63) is 53.6 Å². The molecule has 1 N–H and O–H groups in total. The van der Waals surface area contributed by atoms with E-state index in [1.54, 1.807) is 45.0 Å². The summed E-state index contributed by atoms with van der Waals surface area (Å²) in [4.78, 5) is 14.4. The van der Waals surface area contributed by atoms with Gasteiger partial charge in [0, 0.05) is 25.3 Å². The molecular weight excluding hydrogens is 428 g/mol. The number of nitrogens with one attached hydrogen (secondary N) is 1. The Labute approximate surface area is 190 Å². The van der Waals surface area contributed by atoms with Gasteiger partial charge in [-0.3, -0.25) is 9.69 Å². The van der Waals surface area contributed by atoms with Crippen LogP contribution in [-0.2, 0) is 21.4 Å². The monoisotopic (exact) mass is 458 g/mol. The maximum Gasteiger partial charge on any atom is 0.246 e. The number of carbonyl (C=O) groups is 1. The molecule has 0 heterocycles. The third-order valence-corrected chi connectivity index (χ3v) is 6.87. The largest absolute Gasteiger partial charge is 0.492 e. The van der Waals surface area contributed by atoms with Crippen molar-refractivity contribution in [2.45, 2.75) is 32.2 Å². The van der Waals surface area contributed by atoms with Gasteiger partial charge in [0.15, 0.2) is 0 Å². The van der Waals surface area contributed by atoms with E-state index in [2.05, 4.69) is 11.4 Å². The van der Waals surface area contributed by atoms with Crippen LogP contribution in [0.4, 0.5) is 5.69 Å². The van der Waals surface area contributed by atoms with Gasteiger partial charge >= 0.3 is 0 Å². The first-order chi connectivity index (χ1) is 15.2. The van der Waals surface area contributed by atoms with Gasteiger partial charge in [-0.15, -0.1) is 0 Å². The highest BCUT2D eigenvalue weighted by molar-refractivity contribution is 7.89. The van der Waals surface area contributed by atoms with Crippen LogP contribution in [0.2, 0.25) is 0 Å². The lowest BCUT2D eigenvalue weighted by atomic mass is 10.1. The summed E-state index contributed by atoms with van der Waals surface area (Å²) < 4.78 is 33.0. The fraction of sp³-hybridized carbons (Fsp3) is 0.391. The number of hydrogen-bond acceptors (Lipinski definition) is 6. The molecule has 0 aliphatic carbocycles. The zero-order valence-electron chi connectivity index (χ0n) is 19.0. The van der Waals surface area contributed by atoms with Crippen molar-refractivity contribution in [2.75, 3.05) is 38.6 Å². The van der Waals surface area contributed by atoms with Gasteiger partial charge in [-0.25, -0.2) is 8.42 Å². The zero-order chi connectivity index (χ0) is 23.7. The van der Waals surface area contributed by atoms with Crippen molar-refractivity contribution in [1.29, 1.82) is 5.26 Å². The first-order valence-corrected chi connectivity index (χ1v) is 11.9. The minimum absolute atomic E-state index is 0.0341. The number of anilines is 1. The summed E-state index contributed by atoms with van der Waals surface area (Å²) in [6.45, 7) is 6.98. The maximum absolute atomic E-state index is 13.1. The Morgan fingerprint density at radius 2 is 1.75 bits per heavy atom. The van der Waals surface area contributed by atoms with Crippen LogP contribution in [0.25, 0.3) is 0 Å². The Morgan fingerprint density at radius 1 is 1.09 bits per heavy atom. The van der Waals surface area contributed by atoms with E-state index in [0.29, 0.717) is 37.5 Å². The Morgan fingerprint density at radius 3 is 2.31 bits per heavy atom. The van der Waals surface area contributed by atoms with Crippen LogP contribution in [0.3, 0.4) is 0 Å². The van der Waals surface area contributed by atoms with Crippen molar-refractivity contribution in [1.82, 2.24) is 9.21 Å². The van der Waals surface area contributed by atoms with Crippen LogP contribution in [0.1, 0.15) is 31.9 Å². The number of hydrogen-bond donors (Lipinski definition) is 1. The summed E-state index contributed by atoms with van der Waals surface area (Å²) >= 11 is 0. The molecule has 8 nitrogen and oxygen atoms in total. The second-order valence-corrected chi connectivity index (χ2v) is 9.12. The maximum atomic E-state index is 13.1. The van der Waals surface area contributed by atoms with Crippen molar-refractivity contribution in [3.8, 4) is 11.8 Å². The molecule has 0 atom stereocenters. The van der Waals surface area contributed by atoms with Crippen LogP contribution in [0.15, 0.2) is 47.4 Å². The SMILES string of the molecule is CCOc1ccc(NC(=O)CN(C)Cc2ccc(C#N)cc2)cc1S(=O)(=O)N(CC)CC. The molecule has 0 aliphatic rings. The number of carbonyl (C=O) groups excluding carboxylic acids is 1. The van der Waals surface area contributed by atoms with Crippen LogP contribution >= 0.6 is 0 Å². The van der Waals surface area contributed by atoms with Gasteiger partial charge < -0.3 is 10.1 Å². The molecule has 0 unspecified atom stereocenters. The number of rotatable bonds is 11. The minimum Gasteiger partial charge on any atom is -0.492 e. The predicted molar refractivity (Wildman–Crippen MR) is 124 cm³/mol. The number of benzene rings is 2. The molecule has 0 radical (unpaired) electrons. The van der Waals surface area contributed by atoms with E-state index in [9.17, 15) is 13.2 Å². The fourth-order valence-corrected chi connectivity index (χ4v) is 4.88. The zero-order valence-corrected chi connectivity index (χ0v) is 19.8. The fourth-order valence-electron chi connectivity index (χ4n) is 3.26. The lowest BCUT2D eigenvalue weighted by molar-refractivity contribution is -0.117. The van der Waals surface area contributed by atoms with Gasteiger partial charge in [0.1, 0.15) is 10.6 Å². The Bertz CT molecular complexity index is 1060. The standard InChI is InChI=1S/C23H30N4O4S/c1-5-27(6-2)32(29,30)22-14-20(12-13-21(22)31-7-3)25-23(28)17-26(4)16-19-10-8-18(15-24)9-11-19/h8-14H,5-7,16-17H2,1-4H3,(H,25,28). The Kier molecular flexibility index (Phi) is 9.20. The van der Waals surface area contributed by atoms with E-state index >= 15 is 0 Å². The molecule has 2 aromatic carbocycles. The number of amides is 1. The van der Waals surface area contributed by atoms with Gasteiger partial charge in [0.2, 0.25) is 15.9 Å². The molecule has 0 saturated carbocycles. The molecule has 2 rings (SSSR count). The van der Waals surface area contributed by atoms with Gasteiger partial charge in [-0.2, -0.15) is 9.57 Å². The van der Waals surface area contributed by atoms with Gasteiger partial charge in [-0.1, -0.05) is 26.0 Å². The normalized spacial score (nSPS) is 11.4. The van der Waals surface area contributed by atoms with E-state index in [1.807, 2.05) is 24.1 Å². The average Bonchev–Trinajstić information content (AvgIpc) is 2.76. The second-order valence-electron chi connectivity index (χ2n) is 7.21. The summed E-state index contributed by atoms with van der Waals surface area (Å²) in [5.74, 6) is -0.00757. The van der Waals surface area contributed by atoms with Gasteiger partial charge in [0.05, 0.1) is 24.8 Å². The summed E-state index contributed by atoms with van der Waals surface area (Å²) in [6.07, 6.45) is 0. The van der Waals surface area contributed by atoms with E-state index in [0.717, 1.165) is 5.56 Å². The first-order valence-electron chi connectivity index (χ1n) is 10.5. The smallest absolute Gasteiger partial charge is 0.246 e. The number of sulfonamides is 1. The quantitative estimate of drug-likeness (QED) is 0.555. The van der Waals surface area contributed by atoms with Crippen LogP contribution in [0.5, 0.6) is 5.75 Å². The summed E-state index contributed by atoms with van der Waals surface area (Å²) in [7, 11) is -1.95. The Balaban J connectivity index is 2.14. The van der Waals surface area contributed by atoms with Gasteiger partial charge in [-0.05, 0) is 49.9 Å². The van der Waals surface area contributed by atoms with E-state index in [4.69, 9.17) is 10.00 Å². The molecule has 32 heavy (non-hydrogen) atoms. The topological polar surface area (TPSA) is 103 Å². The number of nitrogens with zero attached hydrogens (tertiary/aromatic N) is 3. The molecule has 1 amide bonds. The van der Waals surface area contributed by atoms with Crippen molar-refractivity contribution >= 4 is 21.6 Å². The third kappa shape index (κ3) is 6.53. The van der Waals surface area contributed by atoms with Crippen LogP contribution in [-0.4, -0.2) is 56.8 Å². The molecule has 172 valence electrons. The number of likely N-dealkylation sites (N-methyl/N-ethyl adjacent to an activating group) is 1. The molecule has 0 aromatic heterocycles. The lowest BCUT2D eigenvalue weighted by Gasteiger charge is -2.21. The summed E-state index contributed by atoms with van der Waals surface area (Å²) in [5.41, 5.74) is 1.95. The van der Waals surface area contributed by atoms with Crippen molar-refractivity contribution in [2.24, 2.45) is 0 Å². The van der Waals surface area contributed by atoms with E-state index in [1.165, 1.54) is 10.4 Å². The molecule has 0 aliphatic heterocycles. The molecule has 2 aromatic rings. The highest BCUT2D eigenvalue weighted by Gasteiger charge is 2.26. The van der Waals surface area contributed by atoms with Crippen LogP contribution < -0.4 is 10.1 Å². The minimum atomic E-state index is -3.76. The molecular formula is C23H30N4O4S. The molecule has 9 heteroatoms. The average molecular weight is 459 g/mol. The molecule has 0 saturated heterocycles. The molecule has 0 fully saturated rings. The van der Waals surface area contributed by atoms with Crippen molar-refractivity contribution in [3.63, 3.8) is 0 Å². The van der Waals surface area contributed by atoms with Crippen LogP contribution in [0, 0.1) is 11.3 Å². The number of ether oxygens (including phenoxy) is 1. The van der Waals surface area contributed by atoms with E-state index in [-0.39, 0.29) is 23.1 Å². The van der Waals surface area contributed by atoms with Gasteiger partial charge in [0.25, 0.3) is 0 Å². The highest BCUT2D eigenvalue weighted by atomic mass is 32.2. The van der Waals surface area contributed by atoms with E-state index < -0.39 is 10.0 Å². The Hall–Kier alpha value is -2.93. The summed E-state index contributed by atoms with van der Waals surface area (Å²) in [6, 6.07) is 13.9. The third-order valence-electron chi connectivity index (χ3n) is 4.80. The molecule has 0 bridgehead atoms.